The summed E-state index contributed by atoms with van der Waals surface area (Å²) in [5, 5.41) is 3.55. The second-order valence-corrected chi connectivity index (χ2v) is 10.4. The van der Waals surface area contributed by atoms with Gasteiger partial charge in [-0.25, -0.2) is 14.8 Å². The number of piperazine rings is 1. The van der Waals surface area contributed by atoms with Crippen LogP contribution in [-0.2, 0) is 4.74 Å². The van der Waals surface area contributed by atoms with Gasteiger partial charge in [-0.3, -0.25) is 0 Å². The molecule has 0 aliphatic carbocycles. The Morgan fingerprint density at radius 1 is 1.18 bits per heavy atom. The van der Waals surface area contributed by atoms with Gasteiger partial charge in [-0.05, 0) is 57.9 Å². The molecule has 1 aliphatic rings. The van der Waals surface area contributed by atoms with Crippen LogP contribution < -0.4 is 10.2 Å². The van der Waals surface area contributed by atoms with E-state index in [1.807, 2.05) is 45.2 Å². The van der Waals surface area contributed by atoms with E-state index in [0.717, 1.165) is 46.6 Å². The van der Waals surface area contributed by atoms with Gasteiger partial charge in [0.2, 0.25) is 0 Å². The Hall–Kier alpha value is -2.35. The summed E-state index contributed by atoms with van der Waals surface area (Å²) in [5.41, 5.74) is 1.43. The molecule has 1 atom stereocenters. The molecular weight excluding hydrogens is 482 g/mol. The molecule has 1 unspecified atom stereocenters. The fourth-order valence-electron chi connectivity index (χ4n) is 3.84. The molecular formula is C25H36BrN5O2. The highest BCUT2D eigenvalue weighted by Crippen LogP contribution is 2.28. The maximum absolute atomic E-state index is 12.4. The topological polar surface area (TPSA) is 70.6 Å². The molecule has 0 aromatic carbocycles. The van der Waals surface area contributed by atoms with Crippen LogP contribution in [0.1, 0.15) is 53.9 Å². The molecule has 0 radical (unpaired) electrons. The van der Waals surface area contributed by atoms with Crippen molar-refractivity contribution in [2.24, 2.45) is 0 Å². The quantitative estimate of drug-likeness (QED) is 0.488. The molecule has 180 valence electrons. The molecule has 0 bridgehead atoms. The van der Waals surface area contributed by atoms with Gasteiger partial charge in [-0.2, -0.15) is 0 Å². The van der Waals surface area contributed by atoms with Crippen molar-refractivity contribution in [3.05, 3.63) is 34.9 Å². The fourth-order valence-corrected chi connectivity index (χ4v) is 4.26. The second kappa shape index (κ2) is 11.2. The number of ether oxygens (including phenoxy) is 1. The third kappa shape index (κ3) is 7.32. The van der Waals surface area contributed by atoms with Crippen LogP contribution in [-0.4, -0.2) is 58.8 Å². The van der Waals surface area contributed by atoms with E-state index in [4.69, 9.17) is 9.72 Å². The highest BCUT2D eigenvalue weighted by atomic mass is 79.9. The first-order chi connectivity index (χ1) is 15.7. The largest absolute Gasteiger partial charge is 0.444 e. The van der Waals surface area contributed by atoms with Gasteiger partial charge in [0.15, 0.2) is 0 Å². The van der Waals surface area contributed by atoms with Gasteiger partial charge in [0, 0.05) is 48.5 Å². The van der Waals surface area contributed by atoms with Crippen molar-refractivity contribution in [1.82, 2.24) is 14.9 Å². The van der Waals surface area contributed by atoms with Crippen LogP contribution in [0.15, 0.2) is 34.9 Å². The summed E-state index contributed by atoms with van der Waals surface area (Å²) >= 11 is 3.65. The van der Waals surface area contributed by atoms with Crippen molar-refractivity contribution in [3.8, 4) is 11.3 Å². The molecule has 1 N–H and O–H groups in total. The van der Waals surface area contributed by atoms with E-state index >= 15 is 0 Å². The first-order valence-electron chi connectivity index (χ1n) is 11.8. The Kier molecular flexibility index (Phi) is 8.57. The number of halogens is 1. The summed E-state index contributed by atoms with van der Waals surface area (Å²) in [7, 11) is 0. The van der Waals surface area contributed by atoms with E-state index in [0.29, 0.717) is 32.2 Å². The van der Waals surface area contributed by atoms with Crippen molar-refractivity contribution in [1.29, 1.82) is 0 Å². The Labute approximate surface area is 206 Å². The first kappa shape index (κ1) is 25.3. The van der Waals surface area contributed by atoms with Crippen molar-refractivity contribution in [3.63, 3.8) is 0 Å². The van der Waals surface area contributed by atoms with Crippen molar-refractivity contribution in [2.45, 2.75) is 65.5 Å². The molecule has 33 heavy (non-hydrogen) atoms. The molecule has 2 aromatic heterocycles. The van der Waals surface area contributed by atoms with Gasteiger partial charge in [0.1, 0.15) is 17.2 Å². The summed E-state index contributed by atoms with van der Waals surface area (Å²) in [5.74, 6) is 1.77. The summed E-state index contributed by atoms with van der Waals surface area (Å²) in [6.45, 7) is 12.7. The highest BCUT2D eigenvalue weighted by molar-refractivity contribution is 9.10. The smallest absolute Gasteiger partial charge is 0.410 e. The van der Waals surface area contributed by atoms with Gasteiger partial charge in [0.05, 0.1) is 5.69 Å². The highest BCUT2D eigenvalue weighted by Gasteiger charge is 2.26. The SMILES string of the molecule is CCCC(CC)Nc1cc(-c2cc(Br)cc(N3CCN(C(=O)OC(C)(C)C)CC3)n2)ccn1. The Bertz CT molecular complexity index is 939. The van der Waals surface area contributed by atoms with E-state index in [-0.39, 0.29) is 6.09 Å². The number of amides is 1. The van der Waals surface area contributed by atoms with Crippen molar-refractivity contribution in [2.75, 3.05) is 36.4 Å². The van der Waals surface area contributed by atoms with Crippen LogP contribution in [0.4, 0.5) is 16.4 Å². The number of carbonyl (C=O) groups is 1. The van der Waals surface area contributed by atoms with E-state index < -0.39 is 5.60 Å². The van der Waals surface area contributed by atoms with Crippen LogP contribution in [0.25, 0.3) is 11.3 Å². The summed E-state index contributed by atoms with van der Waals surface area (Å²) in [4.78, 5) is 25.8. The van der Waals surface area contributed by atoms with Gasteiger partial charge in [0.25, 0.3) is 0 Å². The number of pyridine rings is 2. The zero-order chi connectivity index (χ0) is 24.0. The number of hydrogen-bond acceptors (Lipinski definition) is 6. The maximum Gasteiger partial charge on any atom is 0.410 e. The van der Waals surface area contributed by atoms with E-state index in [9.17, 15) is 4.79 Å². The summed E-state index contributed by atoms with van der Waals surface area (Å²) in [6.07, 6.45) is 4.90. The van der Waals surface area contributed by atoms with Crippen LogP contribution >= 0.6 is 15.9 Å². The van der Waals surface area contributed by atoms with Crippen LogP contribution in [0.2, 0.25) is 0 Å². The molecule has 7 nitrogen and oxygen atoms in total. The van der Waals surface area contributed by atoms with Crippen LogP contribution in [0.3, 0.4) is 0 Å². The summed E-state index contributed by atoms with van der Waals surface area (Å²) < 4.78 is 6.48. The van der Waals surface area contributed by atoms with Crippen molar-refractivity contribution >= 4 is 33.7 Å². The van der Waals surface area contributed by atoms with Crippen molar-refractivity contribution < 1.29 is 9.53 Å². The third-order valence-corrected chi connectivity index (χ3v) is 6.03. The Morgan fingerprint density at radius 2 is 1.91 bits per heavy atom. The lowest BCUT2D eigenvalue weighted by molar-refractivity contribution is 0.0240. The molecule has 1 saturated heterocycles. The molecule has 1 amide bonds. The average molecular weight is 519 g/mol. The molecule has 0 saturated carbocycles. The molecule has 1 aliphatic heterocycles. The predicted octanol–water partition coefficient (Wildman–Crippen LogP) is 5.95. The lowest BCUT2D eigenvalue weighted by Crippen LogP contribution is -2.50. The molecule has 2 aromatic rings. The number of nitrogens with one attached hydrogen (secondary N) is 1. The standard InChI is InChI=1S/C25H36BrN5O2/c1-6-8-20(7-2)28-22-15-18(9-10-27-22)21-16-19(26)17-23(29-21)30-11-13-31(14-12-30)24(32)33-25(3,4)5/h9-10,15-17,20H,6-8,11-14H2,1-5H3,(H,27,28). The lowest BCUT2D eigenvalue weighted by atomic mass is 10.1. The monoisotopic (exact) mass is 517 g/mol. The second-order valence-electron chi connectivity index (χ2n) is 9.45. The molecule has 0 spiro atoms. The molecule has 8 heteroatoms. The predicted molar refractivity (Wildman–Crippen MR) is 138 cm³/mol. The number of carbonyl (C=O) groups excluding carboxylic acids is 1. The van der Waals surface area contributed by atoms with Gasteiger partial charge in [-0.1, -0.05) is 36.2 Å². The minimum absolute atomic E-state index is 0.254. The normalized spacial score (nSPS) is 15.3. The minimum Gasteiger partial charge on any atom is -0.444 e. The fraction of sp³-hybridized carbons (Fsp3) is 0.560. The Balaban J connectivity index is 1.72. The van der Waals surface area contributed by atoms with E-state index in [1.165, 1.54) is 0 Å². The zero-order valence-electron chi connectivity index (χ0n) is 20.4. The number of anilines is 2. The average Bonchev–Trinajstić information content (AvgIpc) is 2.77. The number of nitrogens with zero attached hydrogens (tertiary/aromatic N) is 4. The summed E-state index contributed by atoms with van der Waals surface area (Å²) in [6, 6.07) is 8.54. The number of aromatic nitrogens is 2. The van der Waals surface area contributed by atoms with Crippen LogP contribution in [0.5, 0.6) is 0 Å². The van der Waals surface area contributed by atoms with E-state index in [1.54, 1.807) is 4.90 Å². The number of rotatable bonds is 7. The van der Waals surface area contributed by atoms with Gasteiger partial charge in [-0.15, -0.1) is 0 Å². The third-order valence-electron chi connectivity index (χ3n) is 5.57. The molecule has 3 rings (SSSR count). The van der Waals surface area contributed by atoms with Gasteiger partial charge >= 0.3 is 6.09 Å². The van der Waals surface area contributed by atoms with Gasteiger partial charge < -0.3 is 19.9 Å². The maximum atomic E-state index is 12.4. The molecule has 1 fully saturated rings. The first-order valence-corrected chi connectivity index (χ1v) is 12.6. The van der Waals surface area contributed by atoms with E-state index in [2.05, 4.69) is 51.0 Å². The number of hydrogen-bond donors (Lipinski definition) is 1. The minimum atomic E-state index is -0.485. The van der Waals surface area contributed by atoms with Crippen LogP contribution in [0, 0.1) is 0 Å². The Morgan fingerprint density at radius 3 is 2.55 bits per heavy atom. The molecule has 3 heterocycles. The zero-order valence-corrected chi connectivity index (χ0v) is 22.0. The lowest BCUT2D eigenvalue weighted by Gasteiger charge is -2.36.